The van der Waals surface area contributed by atoms with Crippen LogP contribution < -0.4 is 0 Å². The van der Waals surface area contributed by atoms with Crippen molar-refractivity contribution in [1.82, 2.24) is 0 Å². The highest BCUT2D eigenvalue weighted by molar-refractivity contribution is 6.29. The zero-order valence-electron chi connectivity index (χ0n) is 7.58. The molecule has 13 heavy (non-hydrogen) atoms. The van der Waals surface area contributed by atoms with Gasteiger partial charge in [-0.2, -0.15) is 0 Å². The molecule has 3 heteroatoms. The Morgan fingerprint density at radius 1 is 1.38 bits per heavy atom. The minimum Gasteiger partial charge on any atom is -0.468 e. The van der Waals surface area contributed by atoms with E-state index in [-0.39, 0.29) is 0 Å². The lowest BCUT2D eigenvalue weighted by Gasteiger charge is -2.06. The van der Waals surface area contributed by atoms with E-state index in [9.17, 15) is 4.79 Å². The Kier molecular flexibility index (Phi) is 3.32. The Hall–Kier alpha value is -1.02. The standard InChI is InChI=1S/C10H11ClO2/c1-7-3-5-8(6-4-7)9(11)10(12)13-2/h3-6,9H,1-2H3. The van der Waals surface area contributed by atoms with Crippen LogP contribution in [0.1, 0.15) is 16.5 Å². The number of benzene rings is 1. The molecule has 0 fully saturated rings. The summed E-state index contributed by atoms with van der Waals surface area (Å²) in [6, 6.07) is 7.47. The van der Waals surface area contributed by atoms with Crippen molar-refractivity contribution in [3.8, 4) is 0 Å². The van der Waals surface area contributed by atoms with Gasteiger partial charge >= 0.3 is 5.97 Å². The third-order valence-electron chi connectivity index (χ3n) is 1.78. The van der Waals surface area contributed by atoms with E-state index in [0.29, 0.717) is 0 Å². The molecule has 0 aliphatic heterocycles. The molecular formula is C10H11ClO2. The first-order valence-electron chi connectivity index (χ1n) is 3.93. The molecule has 1 aromatic carbocycles. The van der Waals surface area contributed by atoms with Crippen molar-refractivity contribution < 1.29 is 9.53 Å². The van der Waals surface area contributed by atoms with Gasteiger partial charge in [0.05, 0.1) is 7.11 Å². The van der Waals surface area contributed by atoms with Gasteiger partial charge in [-0.15, -0.1) is 11.6 Å². The average Bonchev–Trinajstić information content (AvgIpc) is 2.17. The number of esters is 1. The van der Waals surface area contributed by atoms with Crippen molar-refractivity contribution >= 4 is 17.6 Å². The molecule has 0 aromatic heterocycles. The molecular weight excluding hydrogens is 188 g/mol. The molecule has 0 heterocycles. The molecule has 1 unspecified atom stereocenters. The maximum Gasteiger partial charge on any atom is 0.328 e. The monoisotopic (exact) mass is 198 g/mol. The fourth-order valence-corrected chi connectivity index (χ4v) is 1.21. The third kappa shape index (κ3) is 2.46. The Labute approximate surface area is 82.5 Å². The summed E-state index contributed by atoms with van der Waals surface area (Å²) in [6.07, 6.45) is 0. The predicted octanol–water partition coefficient (Wildman–Crippen LogP) is 2.45. The van der Waals surface area contributed by atoms with Crippen molar-refractivity contribution in [2.75, 3.05) is 7.11 Å². The predicted molar refractivity (Wildman–Crippen MR) is 51.8 cm³/mol. The van der Waals surface area contributed by atoms with Gasteiger partial charge in [0.15, 0.2) is 5.38 Å². The number of carbonyl (C=O) groups excluding carboxylic acids is 1. The quantitative estimate of drug-likeness (QED) is 0.539. The first-order chi connectivity index (χ1) is 6.15. The van der Waals surface area contributed by atoms with Crippen LogP contribution in [0.15, 0.2) is 24.3 Å². The summed E-state index contributed by atoms with van der Waals surface area (Å²) in [5, 5.41) is -0.703. The molecule has 0 aliphatic rings. The second-order valence-electron chi connectivity index (χ2n) is 2.80. The van der Waals surface area contributed by atoms with Gasteiger partial charge in [0.25, 0.3) is 0 Å². The summed E-state index contributed by atoms with van der Waals surface area (Å²) in [4.78, 5) is 11.0. The van der Waals surface area contributed by atoms with Crippen LogP contribution in [0.3, 0.4) is 0 Å². The van der Waals surface area contributed by atoms with Gasteiger partial charge in [-0.3, -0.25) is 4.79 Å². The van der Waals surface area contributed by atoms with Gasteiger partial charge in [0.2, 0.25) is 0 Å². The number of ether oxygens (including phenoxy) is 1. The second-order valence-corrected chi connectivity index (χ2v) is 3.23. The van der Waals surface area contributed by atoms with E-state index < -0.39 is 11.3 Å². The van der Waals surface area contributed by atoms with Gasteiger partial charge in [-0.25, -0.2) is 0 Å². The first kappa shape index (κ1) is 10.1. The lowest BCUT2D eigenvalue weighted by Crippen LogP contribution is -2.08. The van der Waals surface area contributed by atoms with Crippen LogP contribution >= 0.6 is 11.6 Å². The highest BCUT2D eigenvalue weighted by Gasteiger charge is 2.17. The number of hydrogen-bond acceptors (Lipinski definition) is 2. The van der Waals surface area contributed by atoms with Crippen molar-refractivity contribution in [3.63, 3.8) is 0 Å². The Morgan fingerprint density at radius 3 is 2.38 bits per heavy atom. The van der Waals surface area contributed by atoms with Crippen LogP contribution in [0, 0.1) is 6.92 Å². The van der Waals surface area contributed by atoms with E-state index in [1.54, 1.807) is 0 Å². The zero-order chi connectivity index (χ0) is 9.84. The van der Waals surface area contributed by atoms with Crippen LogP contribution in [0.4, 0.5) is 0 Å². The summed E-state index contributed by atoms with van der Waals surface area (Å²) >= 11 is 5.83. The number of aryl methyl sites for hydroxylation is 1. The largest absolute Gasteiger partial charge is 0.468 e. The van der Waals surface area contributed by atoms with Gasteiger partial charge in [0, 0.05) is 0 Å². The molecule has 2 nitrogen and oxygen atoms in total. The number of hydrogen-bond donors (Lipinski definition) is 0. The molecule has 1 atom stereocenters. The lowest BCUT2D eigenvalue weighted by molar-refractivity contribution is -0.140. The van der Waals surface area contributed by atoms with Gasteiger partial charge in [0.1, 0.15) is 0 Å². The van der Waals surface area contributed by atoms with Gasteiger partial charge < -0.3 is 4.74 Å². The lowest BCUT2D eigenvalue weighted by atomic mass is 10.1. The fraction of sp³-hybridized carbons (Fsp3) is 0.300. The molecule has 1 rings (SSSR count). The van der Waals surface area contributed by atoms with Crippen LogP contribution in [-0.4, -0.2) is 13.1 Å². The molecule has 0 radical (unpaired) electrons. The van der Waals surface area contributed by atoms with E-state index >= 15 is 0 Å². The van der Waals surface area contributed by atoms with E-state index in [0.717, 1.165) is 11.1 Å². The van der Waals surface area contributed by atoms with Crippen LogP contribution in [-0.2, 0) is 9.53 Å². The Bertz CT molecular complexity index is 292. The van der Waals surface area contributed by atoms with Crippen molar-refractivity contribution in [2.45, 2.75) is 12.3 Å². The summed E-state index contributed by atoms with van der Waals surface area (Å²) in [7, 11) is 1.33. The average molecular weight is 199 g/mol. The molecule has 1 aromatic rings. The first-order valence-corrected chi connectivity index (χ1v) is 4.37. The maximum atomic E-state index is 11.0. The van der Waals surface area contributed by atoms with Gasteiger partial charge in [-0.05, 0) is 12.5 Å². The zero-order valence-corrected chi connectivity index (χ0v) is 8.34. The highest BCUT2D eigenvalue weighted by atomic mass is 35.5. The fourth-order valence-electron chi connectivity index (χ4n) is 0.975. The van der Waals surface area contributed by atoms with Gasteiger partial charge in [-0.1, -0.05) is 29.8 Å². The van der Waals surface area contributed by atoms with E-state index in [1.807, 2.05) is 31.2 Å². The van der Waals surface area contributed by atoms with Crippen molar-refractivity contribution in [1.29, 1.82) is 0 Å². The molecule has 0 saturated heterocycles. The number of halogens is 1. The summed E-state index contributed by atoms with van der Waals surface area (Å²) in [5.41, 5.74) is 1.90. The third-order valence-corrected chi connectivity index (χ3v) is 2.21. The Balaban J connectivity index is 2.83. The summed E-state index contributed by atoms with van der Waals surface area (Å²) in [5.74, 6) is -0.425. The molecule has 0 saturated carbocycles. The normalized spacial score (nSPS) is 12.2. The summed E-state index contributed by atoms with van der Waals surface area (Å²) < 4.78 is 4.53. The van der Waals surface area contributed by atoms with Crippen molar-refractivity contribution in [3.05, 3.63) is 35.4 Å². The number of methoxy groups -OCH3 is 1. The maximum absolute atomic E-state index is 11.0. The highest BCUT2D eigenvalue weighted by Crippen LogP contribution is 2.21. The smallest absolute Gasteiger partial charge is 0.328 e. The Morgan fingerprint density at radius 2 is 1.92 bits per heavy atom. The van der Waals surface area contributed by atoms with Crippen molar-refractivity contribution in [2.24, 2.45) is 0 Å². The molecule has 0 amide bonds. The topological polar surface area (TPSA) is 26.3 Å². The molecule has 0 aliphatic carbocycles. The van der Waals surface area contributed by atoms with Crippen LogP contribution in [0.25, 0.3) is 0 Å². The van der Waals surface area contributed by atoms with E-state index in [4.69, 9.17) is 11.6 Å². The minimum absolute atomic E-state index is 0.425. The second kappa shape index (κ2) is 4.28. The minimum atomic E-state index is -0.703. The van der Waals surface area contributed by atoms with E-state index in [2.05, 4.69) is 4.74 Å². The number of carbonyl (C=O) groups is 1. The molecule has 0 spiro atoms. The molecule has 0 N–H and O–H groups in total. The van der Waals surface area contributed by atoms with Crippen LogP contribution in [0.2, 0.25) is 0 Å². The number of rotatable bonds is 2. The number of alkyl halides is 1. The van der Waals surface area contributed by atoms with E-state index in [1.165, 1.54) is 7.11 Å². The molecule has 0 bridgehead atoms. The SMILES string of the molecule is COC(=O)C(Cl)c1ccc(C)cc1. The molecule has 70 valence electrons. The van der Waals surface area contributed by atoms with Crippen LogP contribution in [0.5, 0.6) is 0 Å². The summed E-state index contributed by atoms with van der Waals surface area (Å²) in [6.45, 7) is 1.98.